The maximum atomic E-state index is 12.1. The van der Waals surface area contributed by atoms with Crippen LogP contribution in [0.4, 0.5) is 16.2 Å². The van der Waals surface area contributed by atoms with Gasteiger partial charge in [-0.2, -0.15) is 0 Å². The van der Waals surface area contributed by atoms with Crippen molar-refractivity contribution >= 4 is 23.4 Å². The van der Waals surface area contributed by atoms with Crippen molar-refractivity contribution in [2.45, 2.75) is 6.92 Å². The van der Waals surface area contributed by atoms with E-state index in [0.717, 1.165) is 0 Å². The van der Waals surface area contributed by atoms with Crippen molar-refractivity contribution in [3.8, 4) is 0 Å². The van der Waals surface area contributed by atoms with E-state index in [4.69, 9.17) is 4.74 Å². The first-order valence-electron chi connectivity index (χ1n) is 7.68. The van der Waals surface area contributed by atoms with Gasteiger partial charge in [-0.3, -0.25) is 19.8 Å². The minimum Gasteiger partial charge on any atom is -0.450 e. The number of hydrogen-bond donors (Lipinski definition) is 1. The van der Waals surface area contributed by atoms with E-state index in [1.165, 1.54) is 12.1 Å². The van der Waals surface area contributed by atoms with Crippen molar-refractivity contribution in [1.82, 2.24) is 9.80 Å². The molecule has 1 aliphatic rings. The van der Waals surface area contributed by atoms with E-state index in [1.807, 2.05) is 4.90 Å². The lowest BCUT2D eigenvalue weighted by atomic mass is 10.2. The number of benzene rings is 1. The summed E-state index contributed by atoms with van der Waals surface area (Å²) in [4.78, 5) is 37.6. The van der Waals surface area contributed by atoms with Crippen LogP contribution in [0.3, 0.4) is 0 Å². The molecule has 0 radical (unpaired) electrons. The smallest absolute Gasteiger partial charge is 0.409 e. The second-order valence-electron chi connectivity index (χ2n) is 5.28. The monoisotopic (exact) mass is 336 g/mol. The summed E-state index contributed by atoms with van der Waals surface area (Å²) >= 11 is 0. The van der Waals surface area contributed by atoms with Crippen LogP contribution in [0.15, 0.2) is 24.3 Å². The van der Waals surface area contributed by atoms with Crippen molar-refractivity contribution < 1.29 is 19.2 Å². The van der Waals surface area contributed by atoms with E-state index < -0.39 is 4.92 Å². The molecule has 1 aromatic rings. The maximum Gasteiger partial charge on any atom is 0.409 e. The molecule has 0 saturated carbocycles. The van der Waals surface area contributed by atoms with Crippen LogP contribution >= 0.6 is 0 Å². The summed E-state index contributed by atoms with van der Waals surface area (Å²) < 4.78 is 4.94. The highest BCUT2D eigenvalue weighted by Gasteiger charge is 2.23. The zero-order chi connectivity index (χ0) is 17.5. The highest BCUT2D eigenvalue weighted by molar-refractivity contribution is 5.94. The van der Waals surface area contributed by atoms with Gasteiger partial charge in [-0.25, -0.2) is 4.79 Å². The second kappa shape index (κ2) is 8.25. The van der Waals surface area contributed by atoms with E-state index in [-0.39, 0.29) is 29.9 Å². The summed E-state index contributed by atoms with van der Waals surface area (Å²) in [5.74, 6) is -0.325. The number of nitrogens with one attached hydrogen (secondary N) is 1. The van der Waals surface area contributed by atoms with Crippen molar-refractivity contribution in [3.05, 3.63) is 34.4 Å². The van der Waals surface area contributed by atoms with Crippen LogP contribution in [-0.2, 0) is 9.53 Å². The Hall–Kier alpha value is -2.68. The first-order valence-corrected chi connectivity index (χ1v) is 7.68. The lowest BCUT2D eigenvalue weighted by Crippen LogP contribution is -2.50. The molecule has 1 fully saturated rings. The third-order valence-electron chi connectivity index (χ3n) is 3.64. The molecule has 0 bridgehead atoms. The maximum absolute atomic E-state index is 12.1. The molecule has 0 aliphatic carbocycles. The molecule has 130 valence electrons. The summed E-state index contributed by atoms with van der Waals surface area (Å²) in [5.41, 5.74) is 0.0376. The molecule has 1 heterocycles. The Labute approximate surface area is 139 Å². The Morgan fingerprint density at radius 3 is 2.54 bits per heavy atom. The average Bonchev–Trinajstić information content (AvgIpc) is 2.56. The minimum atomic E-state index is -0.534. The zero-order valence-corrected chi connectivity index (χ0v) is 13.4. The molecule has 2 rings (SSSR count). The van der Waals surface area contributed by atoms with Crippen LogP contribution in [0, 0.1) is 10.1 Å². The molecule has 1 aromatic carbocycles. The number of piperazine rings is 1. The number of hydrogen-bond acceptors (Lipinski definition) is 6. The molecule has 1 aliphatic heterocycles. The van der Waals surface area contributed by atoms with E-state index in [2.05, 4.69) is 5.32 Å². The van der Waals surface area contributed by atoms with Crippen molar-refractivity contribution in [2.24, 2.45) is 0 Å². The number of nitro groups is 1. The summed E-state index contributed by atoms with van der Waals surface area (Å²) in [6.07, 6.45) is -0.346. The fraction of sp³-hybridized carbons (Fsp3) is 0.467. The Morgan fingerprint density at radius 2 is 1.92 bits per heavy atom. The van der Waals surface area contributed by atoms with E-state index >= 15 is 0 Å². The predicted molar refractivity (Wildman–Crippen MR) is 86.8 cm³/mol. The van der Waals surface area contributed by atoms with Crippen molar-refractivity contribution in [3.63, 3.8) is 0 Å². The molecule has 9 heteroatoms. The Balaban J connectivity index is 1.84. The van der Waals surface area contributed by atoms with Gasteiger partial charge in [-0.1, -0.05) is 12.1 Å². The number of carbonyl (C=O) groups is 2. The Kier molecular flexibility index (Phi) is 6.07. The third kappa shape index (κ3) is 4.66. The quantitative estimate of drug-likeness (QED) is 0.642. The lowest BCUT2D eigenvalue weighted by molar-refractivity contribution is -0.383. The number of ether oxygens (including phenoxy) is 1. The Bertz CT molecular complexity index is 614. The summed E-state index contributed by atoms with van der Waals surface area (Å²) in [5, 5.41) is 13.5. The first kappa shape index (κ1) is 17.7. The number of nitro benzene ring substituents is 1. The fourth-order valence-corrected chi connectivity index (χ4v) is 2.43. The van der Waals surface area contributed by atoms with Gasteiger partial charge in [-0.05, 0) is 13.0 Å². The largest absolute Gasteiger partial charge is 0.450 e. The van der Waals surface area contributed by atoms with Crippen LogP contribution in [0.5, 0.6) is 0 Å². The number of carbonyl (C=O) groups excluding carboxylic acids is 2. The molecule has 9 nitrogen and oxygen atoms in total. The highest BCUT2D eigenvalue weighted by atomic mass is 16.6. The standard InChI is InChI=1S/C15H20N4O5/c1-2-24-15(21)18-9-7-17(8-10-18)11-14(20)16-12-5-3-4-6-13(12)19(22)23/h3-6H,2,7-11H2,1H3,(H,16,20). The molecule has 24 heavy (non-hydrogen) atoms. The number of rotatable bonds is 5. The number of nitrogens with zero attached hydrogens (tertiary/aromatic N) is 3. The van der Waals surface area contributed by atoms with Crippen LogP contribution in [0.1, 0.15) is 6.92 Å². The number of amides is 2. The van der Waals surface area contributed by atoms with E-state index in [1.54, 1.807) is 24.0 Å². The SMILES string of the molecule is CCOC(=O)N1CCN(CC(=O)Nc2ccccc2[N+](=O)[O-])CC1. The molecule has 0 atom stereocenters. The van der Waals surface area contributed by atoms with Crippen LogP contribution in [0.25, 0.3) is 0 Å². The van der Waals surface area contributed by atoms with Crippen molar-refractivity contribution in [1.29, 1.82) is 0 Å². The van der Waals surface area contributed by atoms with Gasteiger partial charge in [0, 0.05) is 32.2 Å². The average molecular weight is 336 g/mol. The van der Waals surface area contributed by atoms with Gasteiger partial charge in [-0.15, -0.1) is 0 Å². The molecule has 0 aromatic heterocycles. The first-order chi connectivity index (χ1) is 11.5. The molecule has 0 unspecified atom stereocenters. The normalized spacial score (nSPS) is 15.0. The molecular formula is C15H20N4O5. The summed E-state index contributed by atoms with van der Waals surface area (Å²) in [7, 11) is 0. The van der Waals surface area contributed by atoms with Crippen molar-refractivity contribution in [2.75, 3.05) is 44.6 Å². The van der Waals surface area contributed by atoms with Crippen LogP contribution in [0.2, 0.25) is 0 Å². The van der Waals surface area contributed by atoms with E-state index in [0.29, 0.717) is 32.8 Å². The topological polar surface area (TPSA) is 105 Å². The number of anilines is 1. The summed E-state index contributed by atoms with van der Waals surface area (Å²) in [6, 6.07) is 6.01. The van der Waals surface area contributed by atoms with Crippen LogP contribution < -0.4 is 5.32 Å². The molecule has 2 amide bonds. The Morgan fingerprint density at radius 1 is 1.25 bits per heavy atom. The molecule has 0 spiro atoms. The van der Waals surface area contributed by atoms with Gasteiger partial charge in [0.05, 0.1) is 18.1 Å². The van der Waals surface area contributed by atoms with Gasteiger partial charge in [0.2, 0.25) is 5.91 Å². The van der Waals surface area contributed by atoms with Gasteiger partial charge >= 0.3 is 6.09 Å². The minimum absolute atomic E-state index is 0.114. The lowest BCUT2D eigenvalue weighted by Gasteiger charge is -2.33. The molecular weight excluding hydrogens is 316 g/mol. The van der Waals surface area contributed by atoms with Gasteiger partial charge < -0.3 is 15.0 Å². The zero-order valence-electron chi connectivity index (χ0n) is 13.4. The van der Waals surface area contributed by atoms with Gasteiger partial charge in [0.15, 0.2) is 0 Å². The molecule has 1 saturated heterocycles. The van der Waals surface area contributed by atoms with Gasteiger partial charge in [0.25, 0.3) is 5.69 Å². The second-order valence-corrected chi connectivity index (χ2v) is 5.28. The third-order valence-corrected chi connectivity index (χ3v) is 3.64. The van der Waals surface area contributed by atoms with Gasteiger partial charge in [0.1, 0.15) is 5.69 Å². The highest BCUT2D eigenvalue weighted by Crippen LogP contribution is 2.23. The molecule has 1 N–H and O–H groups in total. The predicted octanol–water partition coefficient (Wildman–Crippen LogP) is 1.31. The van der Waals surface area contributed by atoms with Crippen LogP contribution in [-0.4, -0.2) is 66.1 Å². The fourth-order valence-electron chi connectivity index (χ4n) is 2.43. The van der Waals surface area contributed by atoms with E-state index in [9.17, 15) is 19.7 Å². The summed E-state index contributed by atoms with van der Waals surface area (Å²) in [6.45, 7) is 4.25. The number of para-hydroxylation sites is 2.